The van der Waals surface area contributed by atoms with Crippen LogP contribution in [0.15, 0.2) is 24.5 Å². The fraction of sp³-hybridized carbons (Fsp3) is 0.316. The maximum absolute atomic E-state index is 14.3. The lowest BCUT2D eigenvalue weighted by Gasteiger charge is -2.23. The molecule has 1 aliphatic rings. The van der Waals surface area contributed by atoms with E-state index in [2.05, 4.69) is 15.4 Å². The van der Waals surface area contributed by atoms with E-state index in [1.54, 1.807) is 26.1 Å². The number of nitrogens with one attached hydrogen (secondary N) is 1. The first kappa shape index (κ1) is 19.1. The van der Waals surface area contributed by atoms with E-state index in [-0.39, 0.29) is 35.5 Å². The van der Waals surface area contributed by atoms with Crippen LogP contribution in [0.25, 0.3) is 5.65 Å². The molecule has 10 heteroatoms. The van der Waals surface area contributed by atoms with E-state index in [0.29, 0.717) is 11.4 Å². The summed E-state index contributed by atoms with van der Waals surface area (Å²) >= 11 is 0. The third kappa shape index (κ3) is 3.15. The van der Waals surface area contributed by atoms with Crippen LogP contribution in [0.4, 0.5) is 14.6 Å². The van der Waals surface area contributed by atoms with Gasteiger partial charge in [-0.25, -0.2) is 23.1 Å². The van der Waals surface area contributed by atoms with Crippen LogP contribution in [0.5, 0.6) is 5.75 Å². The van der Waals surface area contributed by atoms with Crippen molar-refractivity contribution >= 4 is 17.4 Å². The van der Waals surface area contributed by atoms with E-state index in [4.69, 9.17) is 10.5 Å². The SMILES string of the molecule is CC(Nc1ccn2ncc(C(=O)O)c2n1)c1cc(F)c(F)c2c1OC(C)(CN)C2. The number of aromatic nitrogens is 3. The Hall–Kier alpha value is -3.27. The van der Waals surface area contributed by atoms with Crippen molar-refractivity contribution < 1.29 is 23.4 Å². The highest BCUT2D eigenvalue weighted by molar-refractivity contribution is 5.94. The van der Waals surface area contributed by atoms with Crippen molar-refractivity contribution in [2.45, 2.75) is 31.9 Å². The number of hydrogen-bond donors (Lipinski definition) is 3. The lowest BCUT2D eigenvalue weighted by Crippen LogP contribution is -2.39. The molecule has 152 valence electrons. The van der Waals surface area contributed by atoms with Crippen LogP contribution in [-0.4, -0.2) is 37.8 Å². The molecule has 0 spiro atoms. The molecule has 0 amide bonds. The van der Waals surface area contributed by atoms with Gasteiger partial charge in [0.15, 0.2) is 17.3 Å². The van der Waals surface area contributed by atoms with Gasteiger partial charge < -0.3 is 20.9 Å². The Morgan fingerprint density at radius 1 is 1.52 bits per heavy atom. The first-order valence-electron chi connectivity index (χ1n) is 8.96. The van der Waals surface area contributed by atoms with E-state index < -0.39 is 29.2 Å². The summed E-state index contributed by atoms with van der Waals surface area (Å²) in [7, 11) is 0. The predicted molar refractivity (Wildman–Crippen MR) is 100 cm³/mol. The largest absolute Gasteiger partial charge is 0.485 e. The van der Waals surface area contributed by atoms with Gasteiger partial charge in [-0.05, 0) is 26.0 Å². The molecule has 0 fully saturated rings. The monoisotopic (exact) mass is 403 g/mol. The van der Waals surface area contributed by atoms with Gasteiger partial charge in [0.25, 0.3) is 0 Å². The van der Waals surface area contributed by atoms with Gasteiger partial charge in [-0.3, -0.25) is 0 Å². The molecule has 3 heterocycles. The number of carboxylic acid groups (broad SMARTS) is 1. The molecule has 1 aromatic carbocycles. The van der Waals surface area contributed by atoms with Crippen LogP contribution in [0.2, 0.25) is 0 Å². The van der Waals surface area contributed by atoms with Crippen molar-refractivity contribution in [1.29, 1.82) is 0 Å². The van der Waals surface area contributed by atoms with Crippen LogP contribution >= 0.6 is 0 Å². The fourth-order valence-electron chi connectivity index (χ4n) is 3.45. The van der Waals surface area contributed by atoms with Gasteiger partial charge in [0.05, 0.1) is 12.2 Å². The summed E-state index contributed by atoms with van der Waals surface area (Å²) in [4.78, 5) is 15.6. The number of hydrogen-bond acceptors (Lipinski definition) is 6. The third-order valence-electron chi connectivity index (χ3n) is 5.05. The molecule has 0 aliphatic carbocycles. The second kappa shape index (κ2) is 6.66. The molecule has 2 atom stereocenters. The summed E-state index contributed by atoms with van der Waals surface area (Å²) in [6, 6.07) is 2.19. The number of nitrogens with zero attached hydrogens (tertiary/aromatic N) is 3. The van der Waals surface area contributed by atoms with Gasteiger partial charge in [0.2, 0.25) is 0 Å². The van der Waals surface area contributed by atoms with Crippen molar-refractivity contribution in [1.82, 2.24) is 14.6 Å². The third-order valence-corrected chi connectivity index (χ3v) is 5.05. The molecule has 0 bridgehead atoms. The van der Waals surface area contributed by atoms with Crippen molar-refractivity contribution in [2.24, 2.45) is 5.73 Å². The zero-order valence-corrected chi connectivity index (χ0v) is 15.7. The van der Waals surface area contributed by atoms with Gasteiger partial charge in [0.1, 0.15) is 22.7 Å². The number of carbonyl (C=O) groups is 1. The minimum absolute atomic E-state index is 0.0444. The van der Waals surface area contributed by atoms with Crippen LogP contribution in [0, 0.1) is 11.6 Å². The topological polar surface area (TPSA) is 115 Å². The Bertz CT molecular complexity index is 1130. The van der Waals surface area contributed by atoms with E-state index in [9.17, 15) is 18.7 Å². The fourth-order valence-corrected chi connectivity index (χ4v) is 3.45. The number of fused-ring (bicyclic) bond motifs is 2. The Balaban J connectivity index is 1.70. The van der Waals surface area contributed by atoms with E-state index in [1.165, 1.54) is 10.7 Å². The standard InChI is InChI=1S/C19H19F2N5O3/c1-9(24-14-3-4-26-17(25-14)12(7-23-26)18(27)28)10-5-13(20)15(21)11-6-19(2,8-22)29-16(10)11/h3-5,7,9H,6,8,22H2,1-2H3,(H,24,25)(H,27,28). The van der Waals surface area contributed by atoms with Crippen molar-refractivity contribution in [2.75, 3.05) is 11.9 Å². The average Bonchev–Trinajstić information content (AvgIpc) is 3.26. The van der Waals surface area contributed by atoms with Gasteiger partial charge in [-0.15, -0.1) is 0 Å². The predicted octanol–water partition coefficient (Wildman–Crippen LogP) is 2.53. The molecular formula is C19H19F2N5O3. The van der Waals surface area contributed by atoms with Gasteiger partial charge in [-0.2, -0.15) is 5.10 Å². The Morgan fingerprint density at radius 2 is 2.28 bits per heavy atom. The normalized spacial score (nSPS) is 19.1. The molecule has 0 saturated heterocycles. The van der Waals surface area contributed by atoms with E-state index in [1.807, 2.05) is 0 Å². The average molecular weight is 403 g/mol. The quantitative estimate of drug-likeness (QED) is 0.600. The highest BCUT2D eigenvalue weighted by Crippen LogP contribution is 2.42. The minimum Gasteiger partial charge on any atom is -0.485 e. The first-order valence-corrected chi connectivity index (χ1v) is 8.96. The molecule has 3 aromatic rings. The minimum atomic E-state index is -1.15. The van der Waals surface area contributed by atoms with E-state index in [0.717, 1.165) is 6.07 Å². The van der Waals surface area contributed by atoms with Crippen LogP contribution < -0.4 is 15.8 Å². The summed E-state index contributed by atoms with van der Waals surface area (Å²) in [5, 5.41) is 16.3. The number of nitrogens with two attached hydrogens (primary N) is 1. The lowest BCUT2D eigenvalue weighted by molar-refractivity contribution is 0.0698. The summed E-state index contributed by atoms with van der Waals surface area (Å²) in [5.41, 5.74) is 5.64. The Morgan fingerprint density at radius 3 is 2.97 bits per heavy atom. The highest BCUT2D eigenvalue weighted by Gasteiger charge is 2.39. The molecular weight excluding hydrogens is 384 g/mol. The highest BCUT2D eigenvalue weighted by atomic mass is 19.2. The van der Waals surface area contributed by atoms with Gasteiger partial charge in [-0.1, -0.05) is 0 Å². The Labute approximate surface area is 164 Å². The molecule has 29 heavy (non-hydrogen) atoms. The summed E-state index contributed by atoms with van der Waals surface area (Å²) in [6.07, 6.45) is 2.94. The van der Waals surface area contributed by atoms with Crippen LogP contribution in [-0.2, 0) is 6.42 Å². The molecule has 4 rings (SSSR count). The van der Waals surface area contributed by atoms with Gasteiger partial charge >= 0.3 is 5.97 Å². The number of halogens is 2. The summed E-state index contributed by atoms with van der Waals surface area (Å²) in [5.74, 6) is -2.42. The lowest BCUT2D eigenvalue weighted by atomic mass is 9.96. The first-order chi connectivity index (χ1) is 13.7. The molecule has 2 aromatic heterocycles. The van der Waals surface area contributed by atoms with Crippen molar-refractivity contribution in [3.8, 4) is 5.75 Å². The second-order valence-corrected chi connectivity index (χ2v) is 7.31. The van der Waals surface area contributed by atoms with Crippen LogP contribution in [0.3, 0.4) is 0 Å². The molecule has 4 N–H and O–H groups in total. The number of benzene rings is 1. The number of carboxylic acids is 1. The number of rotatable bonds is 5. The van der Waals surface area contributed by atoms with Crippen molar-refractivity contribution in [3.05, 3.63) is 52.9 Å². The van der Waals surface area contributed by atoms with Crippen LogP contribution in [0.1, 0.15) is 41.4 Å². The smallest absolute Gasteiger partial charge is 0.341 e. The number of ether oxygens (including phenoxy) is 1. The zero-order valence-electron chi connectivity index (χ0n) is 15.7. The maximum atomic E-state index is 14.3. The summed E-state index contributed by atoms with van der Waals surface area (Å²) < 4.78 is 35.8. The van der Waals surface area contributed by atoms with Gasteiger partial charge in [0, 0.05) is 30.3 Å². The molecule has 0 radical (unpaired) electrons. The number of aromatic carboxylic acids is 1. The maximum Gasteiger partial charge on any atom is 0.341 e. The van der Waals surface area contributed by atoms with E-state index >= 15 is 0 Å². The molecule has 1 aliphatic heterocycles. The molecule has 2 unspecified atom stereocenters. The summed E-state index contributed by atoms with van der Waals surface area (Å²) in [6.45, 7) is 3.64. The zero-order chi connectivity index (χ0) is 20.9. The second-order valence-electron chi connectivity index (χ2n) is 7.31. The Kier molecular flexibility index (Phi) is 4.38. The molecule has 0 saturated carbocycles. The number of anilines is 1. The van der Waals surface area contributed by atoms with Crippen molar-refractivity contribution in [3.63, 3.8) is 0 Å². The molecule has 8 nitrogen and oxygen atoms in total.